The molecule has 0 saturated carbocycles. The molecule has 1 N–H and O–H groups in total. The summed E-state index contributed by atoms with van der Waals surface area (Å²) in [5.74, 6) is -0.725. The second kappa shape index (κ2) is 9.13. The predicted octanol–water partition coefficient (Wildman–Crippen LogP) is 3.91. The van der Waals surface area contributed by atoms with Gasteiger partial charge in [-0.05, 0) is 25.0 Å². The molecule has 164 valence electrons. The number of hydrogen-bond donors (Lipinski definition) is 1. The van der Waals surface area contributed by atoms with Crippen LogP contribution >= 0.6 is 0 Å². The van der Waals surface area contributed by atoms with Crippen LogP contribution in [0, 0.1) is 11.6 Å². The molecule has 10 heteroatoms. The largest absolute Gasteiger partial charge is 0.309 e. The van der Waals surface area contributed by atoms with Gasteiger partial charge < -0.3 is 5.32 Å². The number of fused-ring (bicyclic) bond motifs is 1. The summed E-state index contributed by atoms with van der Waals surface area (Å²) in [5, 5.41) is 15.9. The van der Waals surface area contributed by atoms with Crippen LogP contribution in [-0.4, -0.2) is 35.9 Å². The third kappa shape index (κ3) is 4.29. The van der Waals surface area contributed by atoms with Gasteiger partial charge in [-0.2, -0.15) is 5.10 Å². The van der Waals surface area contributed by atoms with Crippen LogP contribution in [0.4, 0.5) is 14.6 Å². The van der Waals surface area contributed by atoms with Gasteiger partial charge >= 0.3 is 0 Å². The Morgan fingerprint density at radius 1 is 1.16 bits per heavy atom. The summed E-state index contributed by atoms with van der Waals surface area (Å²) in [6, 6.07) is 7.59. The van der Waals surface area contributed by atoms with E-state index in [0.29, 0.717) is 41.6 Å². The van der Waals surface area contributed by atoms with Crippen molar-refractivity contribution < 1.29 is 13.6 Å². The second-order valence-electron chi connectivity index (χ2n) is 7.20. The smallest absolute Gasteiger partial charge is 0.225 e. The number of nitrogens with one attached hydrogen (secondary N) is 1. The van der Waals surface area contributed by atoms with Crippen molar-refractivity contribution in [3.63, 3.8) is 0 Å². The molecule has 3 heterocycles. The monoisotopic (exact) mass is 437 g/mol. The topological polar surface area (TPSA) is 98.5 Å². The summed E-state index contributed by atoms with van der Waals surface area (Å²) in [5.41, 5.74) is 1.52. The van der Waals surface area contributed by atoms with Crippen molar-refractivity contribution in [1.82, 2.24) is 29.9 Å². The van der Waals surface area contributed by atoms with Crippen LogP contribution < -0.4 is 5.32 Å². The molecule has 8 nitrogen and oxygen atoms in total. The number of carbonyl (C=O) groups is 1. The van der Waals surface area contributed by atoms with Gasteiger partial charge in [0.1, 0.15) is 23.0 Å². The van der Waals surface area contributed by atoms with E-state index in [0.717, 1.165) is 6.20 Å². The van der Waals surface area contributed by atoms with Crippen molar-refractivity contribution in [2.75, 3.05) is 5.32 Å². The van der Waals surface area contributed by atoms with E-state index in [-0.39, 0.29) is 35.6 Å². The number of benzene rings is 1. The van der Waals surface area contributed by atoms with E-state index in [1.807, 2.05) is 13.8 Å². The Labute approximate surface area is 182 Å². The Bertz CT molecular complexity index is 1290. The molecule has 0 aliphatic heterocycles. The lowest BCUT2D eigenvalue weighted by molar-refractivity contribution is -0.116. The number of anilines is 1. The van der Waals surface area contributed by atoms with E-state index >= 15 is 0 Å². The highest BCUT2D eigenvalue weighted by Crippen LogP contribution is 2.27. The number of carbonyl (C=O) groups excluding carboxylic acids is 1. The van der Waals surface area contributed by atoms with Gasteiger partial charge in [-0.1, -0.05) is 32.0 Å². The van der Waals surface area contributed by atoms with Crippen molar-refractivity contribution in [2.24, 2.45) is 0 Å². The maximum Gasteiger partial charge on any atom is 0.225 e. The van der Waals surface area contributed by atoms with E-state index in [1.165, 1.54) is 16.8 Å². The van der Waals surface area contributed by atoms with Crippen LogP contribution in [-0.2, 0) is 17.8 Å². The molecule has 0 fully saturated rings. The lowest BCUT2D eigenvalue weighted by Crippen LogP contribution is -2.15. The summed E-state index contributed by atoms with van der Waals surface area (Å²) < 4.78 is 29.7. The average Bonchev–Trinajstić information content (AvgIpc) is 3.13. The highest BCUT2D eigenvalue weighted by atomic mass is 19.1. The standard InChI is InChI=1S/C22H21F2N7O/c1-3-7-18(32)26-20-17(4-2)28-29-21(27-20)19-15-10-14(23)11-25-22(15)31(30-19)12-13-8-5-6-9-16(13)24/h5-6,8-11H,3-4,7,12H2,1-2H3,(H,26,27,29,32). The van der Waals surface area contributed by atoms with Gasteiger partial charge in [0.2, 0.25) is 11.7 Å². The normalized spacial score (nSPS) is 11.1. The lowest BCUT2D eigenvalue weighted by atomic mass is 10.2. The molecule has 0 unspecified atom stereocenters. The molecule has 4 rings (SSSR count). The zero-order valence-electron chi connectivity index (χ0n) is 17.6. The minimum absolute atomic E-state index is 0.0857. The van der Waals surface area contributed by atoms with Gasteiger partial charge in [0.15, 0.2) is 11.5 Å². The first kappa shape index (κ1) is 21.4. The zero-order chi connectivity index (χ0) is 22.7. The predicted molar refractivity (Wildman–Crippen MR) is 115 cm³/mol. The molecule has 0 spiro atoms. The molecule has 4 aromatic rings. The molecule has 0 bridgehead atoms. The van der Waals surface area contributed by atoms with Gasteiger partial charge in [-0.25, -0.2) is 23.4 Å². The number of amides is 1. The van der Waals surface area contributed by atoms with Crippen molar-refractivity contribution in [3.8, 4) is 11.5 Å². The molecule has 3 aromatic heterocycles. The van der Waals surface area contributed by atoms with E-state index in [4.69, 9.17) is 0 Å². The van der Waals surface area contributed by atoms with Crippen LogP contribution in [0.2, 0.25) is 0 Å². The fraction of sp³-hybridized carbons (Fsp3) is 0.273. The van der Waals surface area contributed by atoms with Crippen LogP contribution in [0.5, 0.6) is 0 Å². The van der Waals surface area contributed by atoms with Gasteiger partial charge in [0, 0.05) is 12.0 Å². The van der Waals surface area contributed by atoms with Crippen LogP contribution in [0.15, 0.2) is 36.5 Å². The van der Waals surface area contributed by atoms with Gasteiger partial charge in [-0.3, -0.25) is 4.79 Å². The van der Waals surface area contributed by atoms with Crippen LogP contribution in [0.3, 0.4) is 0 Å². The minimum atomic E-state index is -0.557. The number of aromatic nitrogens is 6. The molecular weight excluding hydrogens is 416 g/mol. The first-order valence-electron chi connectivity index (χ1n) is 10.3. The number of hydrogen-bond acceptors (Lipinski definition) is 6. The summed E-state index contributed by atoms with van der Waals surface area (Å²) in [7, 11) is 0. The van der Waals surface area contributed by atoms with E-state index in [1.54, 1.807) is 18.2 Å². The molecule has 0 radical (unpaired) electrons. The average molecular weight is 437 g/mol. The number of halogens is 2. The Morgan fingerprint density at radius 3 is 2.72 bits per heavy atom. The van der Waals surface area contributed by atoms with E-state index < -0.39 is 5.82 Å². The number of pyridine rings is 1. The van der Waals surface area contributed by atoms with Crippen LogP contribution in [0.25, 0.3) is 22.6 Å². The Balaban J connectivity index is 1.81. The molecule has 1 aromatic carbocycles. The van der Waals surface area contributed by atoms with Crippen molar-refractivity contribution in [3.05, 3.63) is 59.4 Å². The molecule has 0 aliphatic rings. The van der Waals surface area contributed by atoms with E-state index in [2.05, 4.69) is 30.6 Å². The number of aryl methyl sites for hydroxylation is 1. The molecule has 0 aliphatic carbocycles. The van der Waals surface area contributed by atoms with Crippen molar-refractivity contribution in [2.45, 2.75) is 39.7 Å². The molecule has 0 atom stereocenters. The Morgan fingerprint density at radius 2 is 1.97 bits per heavy atom. The summed E-state index contributed by atoms with van der Waals surface area (Å²) in [6.45, 7) is 3.86. The third-order valence-corrected chi connectivity index (χ3v) is 4.87. The molecule has 1 amide bonds. The Kier molecular flexibility index (Phi) is 6.11. The van der Waals surface area contributed by atoms with Gasteiger partial charge in [0.25, 0.3) is 0 Å². The highest BCUT2D eigenvalue weighted by molar-refractivity contribution is 5.92. The highest BCUT2D eigenvalue weighted by Gasteiger charge is 2.20. The number of rotatable bonds is 7. The first-order chi connectivity index (χ1) is 15.5. The van der Waals surface area contributed by atoms with E-state index in [9.17, 15) is 13.6 Å². The maximum atomic E-state index is 14.2. The molecular formula is C22H21F2N7O. The fourth-order valence-corrected chi connectivity index (χ4v) is 3.31. The summed E-state index contributed by atoms with van der Waals surface area (Å²) in [6.07, 6.45) is 2.62. The third-order valence-electron chi connectivity index (χ3n) is 4.87. The Hall–Kier alpha value is -3.82. The zero-order valence-corrected chi connectivity index (χ0v) is 17.6. The van der Waals surface area contributed by atoms with Crippen molar-refractivity contribution >= 4 is 22.8 Å². The number of nitrogens with zero attached hydrogens (tertiary/aromatic N) is 6. The SMILES string of the molecule is CCCC(=O)Nc1nc(-c2nn(Cc3ccccc3F)c3ncc(F)cc23)nnc1CC. The maximum absolute atomic E-state index is 14.2. The minimum Gasteiger partial charge on any atom is -0.309 e. The molecule has 0 saturated heterocycles. The quantitative estimate of drug-likeness (QED) is 0.471. The summed E-state index contributed by atoms with van der Waals surface area (Å²) >= 11 is 0. The second-order valence-corrected chi connectivity index (χ2v) is 7.20. The summed E-state index contributed by atoms with van der Waals surface area (Å²) in [4.78, 5) is 20.7. The fourth-order valence-electron chi connectivity index (χ4n) is 3.31. The lowest BCUT2D eigenvalue weighted by Gasteiger charge is -2.08. The van der Waals surface area contributed by atoms with Crippen molar-refractivity contribution in [1.29, 1.82) is 0 Å². The van der Waals surface area contributed by atoms with Gasteiger partial charge in [0.05, 0.1) is 18.1 Å². The first-order valence-corrected chi connectivity index (χ1v) is 10.3. The van der Waals surface area contributed by atoms with Gasteiger partial charge in [-0.15, -0.1) is 10.2 Å². The molecule has 32 heavy (non-hydrogen) atoms. The van der Waals surface area contributed by atoms with Crippen LogP contribution in [0.1, 0.15) is 37.9 Å².